The molecular formula is C87H101N15O7. The summed E-state index contributed by atoms with van der Waals surface area (Å²) in [5, 5.41) is 11.4. The van der Waals surface area contributed by atoms with E-state index in [1.807, 2.05) is 164 Å². The fourth-order valence-electron chi connectivity index (χ4n) is 14.3. The maximum absolute atomic E-state index is 5.56. The number of hydrogen-bond donors (Lipinski definition) is 2. The lowest BCUT2D eigenvalue weighted by Crippen LogP contribution is -2.45. The fraction of sp³-hybridized carbons (Fsp3) is 0.356. The fourth-order valence-corrected chi connectivity index (χ4v) is 14.3. The Balaban J connectivity index is 0.000000129. The molecule has 4 aromatic heterocycles. The van der Waals surface area contributed by atoms with Gasteiger partial charge < -0.3 is 68.3 Å². The summed E-state index contributed by atoms with van der Waals surface area (Å²) in [5.41, 5.74) is 9.51. The Morgan fingerprint density at radius 1 is 0.339 bits per heavy atom. The van der Waals surface area contributed by atoms with E-state index in [0.29, 0.717) is 77.7 Å². The lowest BCUT2D eigenvalue weighted by atomic mass is 10.0. The Kier molecular flexibility index (Phi) is 25.3. The van der Waals surface area contributed by atoms with Gasteiger partial charge in [0.15, 0.2) is 46.1 Å². The van der Waals surface area contributed by atoms with E-state index in [1.54, 1.807) is 42.7 Å². The van der Waals surface area contributed by atoms with Gasteiger partial charge in [0.2, 0.25) is 11.9 Å². The number of likely N-dealkylation sites (N-methyl/N-ethyl adjacent to an activating group) is 1. The number of hydrogen-bond acceptors (Lipinski definition) is 22. The van der Waals surface area contributed by atoms with Crippen molar-refractivity contribution in [3.05, 3.63) is 182 Å². The number of nitrogens with one attached hydrogen (secondary N) is 2. The molecule has 0 bridgehead atoms. The first-order valence-electron chi connectivity index (χ1n) is 37.9. The molecule has 4 saturated heterocycles. The standard InChI is InChI=1S/C23H36N6O2.C22H33N5O3.C22H18N2O2.C20H14N2/c1-16(2)28-8-6-17(7-9-28)24-22-18-14-20(30-4)21(31-5)15-19(18)25-23(26-22)29-12-10-27(3)11-13-29;1-15(2)26-7-5-16(6-8-26)23-21-17-13-19(28-3)20(29-4)14-18(17)24-22(25-21)27-9-11-30-12-10-27;1-25-19-13-17-18(14-20(19)26-2)23-22(16-11-7-4-8-12-16)24-21(17)15-9-5-3-6-10-15;1-3-9-15(10-4-1)19-17-13-7-8-14-18(17)21-20(22-19)16-11-5-2-6-12-16/h14-17H,6-13H2,1-5H3,(H,24,25,26);13-16H,5-12H2,1-4H3,(H,23,24,25);3-14H,1-2H3;1-14H. The molecule has 4 aliphatic heterocycles. The van der Waals surface area contributed by atoms with Gasteiger partial charge in [0.25, 0.3) is 0 Å². The molecule has 22 heteroatoms. The predicted octanol–water partition coefficient (Wildman–Crippen LogP) is 15.4. The number of aromatic nitrogens is 8. The number of likely N-dealkylation sites (tertiary alicyclic amines) is 2. The van der Waals surface area contributed by atoms with Gasteiger partial charge in [-0.25, -0.2) is 29.9 Å². The Morgan fingerprint density at radius 3 is 1.08 bits per heavy atom. The van der Waals surface area contributed by atoms with Crippen LogP contribution in [0.2, 0.25) is 0 Å². The van der Waals surface area contributed by atoms with E-state index in [9.17, 15) is 0 Å². The minimum Gasteiger partial charge on any atom is -0.493 e. The number of para-hydroxylation sites is 1. The molecule has 0 radical (unpaired) electrons. The van der Waals surface area contributed by atoms with Crippen LogP contribution in [0.4, 0.5) is 23.5 Å². The zero-order valence-electron chi connectivity index (χ0n) is 64.6. The molecule has 0 saturated carbocycles. The van der Waals surface area contributed by atoms with Gasteiger partial charge in [0.05, 0.1) is 89.3 Å². The number of methoxy groups -OCH3 is 6. The Morgan fingerprint density at radius 2 is 0.679 bits per heavy atom. The zero-order chi connectivity index (χ0) is 75.8. The van der Waals surface area contributed by atoms with Crippen molar-refractivity contribution in [1.82, 2.24) is 54.6 Å². The van der Waals surface area contributed by atoms with Crippen molar-refractivity contribution in [3.63, 3.8) is 0 Å². The number of fused-ring (bicyclic) bond motifs is 4. The second-order valence-electron chi connectivity index (χ2n) is 28.2. The van der Waals surface area contributed by atoms with Crippen molar-refractivity contribution in [3.8, 4) is 79.8 Å². The minimum absolute atomic E-state index is 0.392. The average molecular weight is 1470 g/mol. The number of anilines is 4. The molecule has 109 heavy (non-hydrogen) atoms. The van der Waals surface area contributed by atoms with Gasteiger partial charge in [0, 0.05) is 152 Å². The Labute approximate surface area is 639 Å². The molecule has 0 spiro atoms. The first-order chi connectivity index (χ1) is 53.3. The van der Waals surface area contributed by atoms with Crippen LogP contribution in [0.3, 0.4) is 0 Å². The highest BCUT2D eigenvalue weighted by Crippen LogP contribution is 2.40. The molecule has 0 atom stereocenters. The summed E-state index contributed by atoms with van der Waals surface area (Å²) in [6.07, 6.45) is 4.43. The van der Waals surface area contributed by atoms with E-state index in [2.05, 4.69) is 88.1 Å². The van der Waals surface area contributed by atoms with E-state index in [1.165, 1.54) is 0 Å². The van der Waals surface area contributed by atoms with E-state index in [-0.39, 0.29) is 0 Å². The number of rotatable bonds is 18. The largest absolute Gasteiger partial charge is 0.493 e. The molecule has 0 unspecified atom stereocenters. The molecular weight excluding hydrogens is 1370 g/mol. The summed E-state index contributed by atoms with van der Waals surface area (Å²) in [6, 6.07) is 62.3. The van der Waals surface area contributed by atoms with Crippen LogP contribution in [-0.2, 0) is 4.74 Å². The third-order valence-corrected chi connectivity index (χ3v) is 20.6. The van der Waals surface area contributed by atoms with Gasteiger partial charge in [-0.3, -0.25) is 0 Å². The van der Waals surface area contributed by atoms with Crippen molar-refractivity contribution in [2.24, 2.45) is 0 Å². The lowest BCUT2D eigenvalue weighted by Gasteiger charge is -2.35. The highest BCUT2D eigenvalue weighted by Gasteiger charge is 2.28. The number of piperazine rings is 1. The third-order valence-electron chi connectivity index (χ3n) is 20.6. The van der Waals surface area contributed by atoms with Crippen molar-refractivity contribution < 1.29 is 33.2 Å². The van der Waals surface area contributed by atoms with Crippen LogP contribution in [0.15, 0.2) is 182 Å². The first kappa shape index (κ1) is 76.2. The van der Waals surface area contributed by atoms with Crippen molar-refractivity contribution >= 4 is 67.1 Å². The highest BCUT2D eigenvalue weighted by molar-refractivity contribution is 5.97. The molecule has 0 aliphatic carbocycles. The molecule has 8 heterocycles. The first-order valence-corrected chi connectivity index (χ1v) is 37.9. The molecule has 2 N–H and O–H groups in total. The Hall–Kier alpha value is -11.0. The number of ether oxygens (including phenoxy) is 7. The number of piperidine rings is 2. The van der Waals surface area contributed by atoms with Crippen LogP contribution >= 0.6 is 0 Å². The second kappa shape index (κ2) is 36.2. The topological polar surface area (TPSA) is 208 Å². The van der Waals surface area contributed by atoms with E-state index < -0.39 is 0 Å². The minimum atomic E-state index is 0.392. The molecule has 8 aromatic carbocycles. The van der Waals surface area contributed by atoms with Gasteiger partial charge in [-0.1, -0.05) is 140 Å². The molecule has 16 rings (SSSR count). The highest BCUT2D eigenvalue weighted by atomic mass is 16.5. The van der Waals surface area contributed by atoms with Crippen LogP contribution < -0.4 is 48.9 Å². The number of nitrogens with zero attached hydrogens (tertiary/aromatic N) is 13. The summed E-state index contributed by atoms with van der Waals surface area (Å²) in [7, 11) is 12.0. The maximum atomic E-state index is 5.56. The van der Waals surface area contributed by atoms with Crippen LogP contribution in [0, 0.1) is 0 Å². The van der Waals surface area contributed by atoms with Crippen LogP contribution in [0.5, 0.6) is 34.5 Å². The Bertz CT molecular complexity index is 4960. The predicted molar refractivity (Wildman–Crippen MR) is 439 cm³/mol. The zero-order valence-corrected chi connectivity index (χ0v) is 64.6. The molecule has 4 aliphatic rings. The summed E-state index contributed by atoms with van der Waals surface area (Å²) >= 11 is 0. The van der Waals surface area contributed by atoms with Crippen LogP contribution in [-0.4, -0.2) is 207 Å². The molecule has 0 amide bonds. The second-order valence-corrected chi connectivity index (χ2v) is 28.2. The molecule has 4 fully saturated rings. The summed E-state index contributed by atoms with van der Waals surface area (Å²) < 4.78 is 38.6. The smallest absolute Gasteiger partial charge is 0.228 e. The summed E-state index contributed by atoms with van der Waals surface area (Å²) in [4.78, 5) is 50.8. The van der Waals surface area contributed by atoms with Gasteiger partial charge in [-0.15, -0.1) is 0 Å². The van der Waals surface area contributed by atoms with Gasteiger partial charge >= 0.3 is 0 Å². The monoisotopic (exact) mass is 1470 g/mol. The van der Waals surface area contributed by atoms with Crippen LogP contribution in [0.1, 0.15) is 53.4 Å². The van der Waals surface area contributed by atoms with Crippen molar-refractivity contribution in [1.29, 1.82) is 0 Å². The molecule has 12 aromatic rings. The van der Waals surface area contributed by atoms with E-state index >= 15 is 0 Å². The number of morpholine rings is 1. The molecule has 22 nitrogen and oxygen atoms in total. The van der Waals surface area contributed by atoms with Gasteiger partial charge in [-0.2, -0.15) is 9.97 Å². The van der Waals surface area contributed by atoms with Crippen molar-refractivity contribution in [2.75, 3.05) is 149 Å². The van der Waals surface area contributed by atoms with Gasteiger partial charge in [-0.05, 0) is 84.7 Å². The summed E-state index contributed by atoms with van der Waals surface area (Å²) in [5.74, 6) is 8.78. The van der Waals surface area contributed by atoms with E-state index in [4.69, 9.17) is 73.0 Å². The van der Waals surface area contributed by atoms with Crippen LogP contribution in [0.25, 0.3) is 88.9 Å². The molecule has 566 valence electrons. The normalized spacial score (nSPS) is 15.3. The number of benzene rings is 8. The maximum Gasteiger partial charge on any atom is 0.228 e. The SMILES string of the molecule is COc1cc2nc(-c3ccccc3)nc(-c3ccccc3)c2cc1OC.COc1cc2nc(N3CCN(C)CC3)nc(NC3CCN(C(C)C)CC3)c2cc1OC.COc1cc2nc(N3CCOCC3)nc(NC3CCN(C(C)C)CC3)c2cc1OC.c1ccc(-c2nc(-c3ccccc3)c3ccccc3n2)cc1. The quantitative estimate of drug-likeness (QED) is 0.0818. The average Bonchev–Trinajstić information content (AvgIpc) is 0.820. The third kappa shape index (κ3) is 18.4. The van der Waals surface area contributed by atoms with Gasteiger partial charge in [0.1, 0.15) is 11.6 Å². The lowest BCUT2D eigenvalue weighted by molar-refractivity contribution is 0.122. The van der Waals surface area contributed by atoms with E-state index in [0.717, 1.165) is 198 Å². The van der Waals surface area contributed by atoms with Crippen molar-refractivity contribution in [2.45, 2.75) is 77.5 Å². The summed E-state index contributed by atoms with van der Waals surface area (Å²) in [6.45, 7) is 20.4.